The van der Waals surface area contributed by atoms with E-state index in [2.05, 4.69) is 25.4 Å². The van der Waals surface area contributed by atoms with Crippen LogP contribution in [0.15, 0.2) is 50.6 Å². The molecule has 0 aliphatic carbocycles. The Morgan fingerprint density at radius 2 is 1.90 bits per heavy atom. The SMILES string of the molecule is CCNC(=NCCc1nc(-c2ccco2)n[nH]1)N1CCN(C(=O)c2ccco2)CC1.I. The number of amides is 1. The smallest absolute Gasteiger partial charge is 0.289 e. The number of nitrogens with zero attached hydrogens (tertiary/aromatic N) is 5. The topological polar surface area (TPSA) is 116 Å². The molecule has 4 heterocycles. The Hall–Kier alpha value is -2.83. The van der Waals surface area contributed by atoms with Gasteiger partial charge in [-0.25, -0.2) is 4.98 Å². The lowest BCUT2D eigenvalue weighted by molar-refractivity contribution is 0.0657. The van der Waals surface area contributed by atoms with E-state index >= 15 is 0 Å². The number of aromatic nitrogens is 3. The second kappa shape index (κ2) is 11.0. The van der Waals surface area contributed by atoms with E-state index in [-0.39, 0.29) is 29.9 Å². The molecule has 10 nitrogen and oxygen atoms in total. The monoisotopic (exact) mass is 539 g/mol. The highest BCUT2D eigenvalue weighted by atomic mass is 127. The lowest BCUT2D eigenvalue weighted by Crippen LogP contribution is -2.53. The van der Waals surface area contributed by atoms with E-state index < -0.39 is 0 Å². The van der Waals surface area contributed by atoms with Gasteiger partial charge in [-0.05, 0) is 31.2 Å². The summed E-state index contributed by atoms with van der Waals surface area (Å²) in [5.74, 6) is 3.09. The van der Waals surface area contributed by atoms with Gasteiger partial charge in [0.1, 0.15) is 5.82 Å². The maximum atomic E-state index is 12.4. The van der Waals surface area contributed by atoms with Gasteiger partial charge in [-0.2, -0.15) is 5.10 Å². The molecule has 2 N–H and O–H groups in total. The summed E-state index contributed by atoms with van der Waals surface area (Å²) >= 11 is 0. The number of aromatic amines is 1. The van der Waals surface area contributed by atoms with Crippen LogP contribution in [-0.2, 0) is 6.42 Å². The van der Waals surface area contributed by atoms with Crippen molar-refractivity contribution >= 4 is 35.8 Å². The van der Waals surface area contributed by atoms with Crippen molar-refractivity contribution in [3.63, 3.8) is 0 Å². The number of hydrogen-bond donors (Lipinski definition) is 2. The molecule has 31 heavy (non-hydrogen) atoms. The predicted molar refractivity (Wildman–Crippen MR) is 125 cm³/mol. The van der Waals surface area contributed by atoms with Crippen molar-refractivity contribution in [1.29, 1.82) is 0 Å². The molecule has 0 radical (unpaired) electrons. The largest absolute Gasteiger partial charge is 0.461 e. The van der Waals surface area contributed by atoms with Gasteiger partial charge >= 0.3 is 0 Å². The molecule has 3 aromatic heterocycles. The molecule has 1 saturated heterocycles. The van der Waals surface area contributed by atoms with Crippen LogP contribution in [0.2, 0.25) is 0 Å². The van der Waals surface area contributed by atoms with Gasteiger partial charge in [-0.1, -0.05) is 0 Å². The van der Waals surface area contributed by atoms with E-state index in [9.17, 15) is 4.79 Å². The number of hydrogen-bond acceptors (Lipinski definition) is 6. The Labute approximate surface area is 197 Å². The fraction of sp³-hybridized carbons (Fsp3) is 0.400. The van der Waals surface area contributed by atoms with Gasteiger partial charge in [-0.3, -0.25) is 14.9 Å². The molecule has 0 bridgehead atoms. The number of carbonyl (C=O) groups is 1. The summed E-state index contributed by atoms with van der Waals surface area (Å²) in [6.07, 6.45) is 3.76. The van der Waals surface area contributed by atoms with E-state index in [4.69, 9.17) is 13.8 Å². The number of nitrogens with one attached hydrogen (secondary N) is 2. The second-order valence-corrected chi connectivity index (χ2v) is 6.83. The number of halogens is 1. The average Bonchev–Trinajstić information content (AvgIpc) is 3.55. The van der Waals surface area contributed by atoms with E-state index in [0.29, 0.717) is 56.5 Å². The average molecular weight is 539 g/mol. The van der Waals surface area contributed by atoms with Gasteiger partial charge in [0.2, 0.25) is 5.82 Å². The second-order valence-electron chi connectivity index (χ2n) is 6.83. The van der Waals surface area contributed by atoms with E-state index in [1.165, 1.54) is 6.26 Å². The standard InChI is InChI=1S/C20H25N7O3.HI/c1-2-21-20(22-8-7-17-23-18(25-24-17)15-5-3-13-29-15)27-11-9-26(10-12-27)19(28)16-6-4-14-30-16;/h3-6,13-14H,2,7-12H2,1H3,(H,21,22)(H,23,24,25);1H. The van der Waals surface area contributed by atoms with Crippen LogP contribution in [0.25, 0.3) is 11.6 Å². The molecule has 0 spiro atoms. The Bertz CT molecular complexity index is 961. The molecule has 1 fully saturated rings. The molecule has 3 aromatic rings. The normalized spacial score (nSPS) is 14.4. The van der Waals surface area contributed by atoms with Crippen LogP contribution >= 0.6 is 24.0 Å². The maximum Gasteiger partial charge on any atom is 0.289 e. The Morgan fingerprint density at radius 1 is 1.16 bits per heavy atom. The van der Waals surface area contributed by atoms with Crippen LogP contribution in [0.3, 0.4) is 0 Å². The van der Waals surface area contributed by atoms with Crippen molar-refractivity contribution in [2.45, 2.75) is 13.3 Å². The van der Waals surface area contributed by atoms with Crippen LogP contribution in [0.1, 0.15) is 23.3 Å². The highest BCUT2D eigenvalue weighted by molar-refractivity contribution is 14.0. The van der Waals surface area contributed by atoms with Crippen LogP contribution in [0.5, 0.6) is 0 Å². The number of rotatable bonds is 6. The number of aliphatic imine (C=N–C) groups is 1. The number of carbonyl (C=O) groups excluding carboxylic acids is 1. The van der Waals surface area contributed by atoms with Crippen LogP contribution in [-0.4, -0.2) is 76.1 Å². The van der Waals surface area contributed by atoms with Crippen LogP contribution in [0.4, 0.5) is 0 Å². The van der Waals surface area contributed by atoms with Gasteiger partial charge in [0, 0.05) is 45.7 Å². The maximum absolute atomic E-state index is 12.4. The number of H-pyrrole nitrogens is 1. The summed E-state index contributed by atoms with van der Waals surface area (Å²) in [6.45, 7) is 6.05. The molecule has 166 valence electrons. The van der Waals surface area contributed by atoms with E-state index in [1.54, 1.807) is 24.5 Å². The van der Waals surface area contributed by atoms with Crippen molar-refractivity contribution in [2.75, 3.05) is 39.3 Å². The first-order valence-electron chi connectivity index (χ1n) is 10.1. The lowest BCUT2D eigenvalue weighted by Gasteiger charge is -2.36. The van der Waals surface area contributed by atoms with E-state index in [0.717, 1.165) is 18.3 Å². The molecule has 1 amide bonds. The molecule has 1 aliphatic rings. The minimum Gasteiger partial charge on any atom is -0.461 e. The van der Waals surface area contributed by atoms with E-state index in [1.807, 2.05) is 17.9 Å². The molecular weight excluding hydrogens is 513 g/mol. The summed E-state index contributed by atoms with van der Waals surface area (Å²) in [6, 6.07) is 7.05. The van der Waals surface area contributed by atoms with Crippen molar-refractivity contribution in [2.24, 2.45) is 4.99 Å². The fourth-order valence-corrected chi connectivity index (χ4v) is 3.29. The summed E-state index contributed by atoms with van der Waals surface area (Å²) in [5.41, 5.74) is 0. The number of guanidine groups is 1. The first-order chi connectivity index (χ1) is 14.7. The van der Waals surface area contributed by atoms with Gasteiger partial charge in [-0.15, -0.1) is 24.0 Å². The highest BCUT2D eigenvalue weighted by Gasteiger charge is 2.25. The van der Waals surface area contributed by atoms with Gasteiger partial charge in [0.25, 0.3) is 5.91 Å². The van der Waals surface area contributed by atoms with Crippen LogP contribution < -0.4 is 5.32 Å². The molecule has 4 rings (SSSR count). The summed E-state index contributed by atoms with van der Waals surface area (Å²) < 4.78 is 10.5. The molecule has 0 unspecified atom stereocenters. The van der Waals surface area contributed by atoms with Crippen molar-refractivity contribution in [3.05, 3.63) is 48.4 Å². The highest BCUT2D eigenvalue weighted by Crippen LogP contribution is 2.14. The zero-order valence-corrected chi connectivity index (χ0v) is 19.6. The fourth-order valence-electron chi connectivity index (χ4n) is 3.29. The van der Waals surface area contributed by atoms with Gasteiger partial charge in [0.15, 0.2) is 17.5 Å². The Morgan fingerprint density at radius 3 is 2.58 bits per heavy atom. The number of furan rings is 2. The van der Waals surface area contributed by atoms with Gasteiger partial charge in [0.05, 0.1) is 12.5 Å². The summed E-state index contributed by atoms with van der Waals surface area (Å²) in [4.78, 5) is 25.6. The molecule has 11 heteroatoms. The zero-order chi connectivity index (χ0) is 20.8. The molecule has 0 aromatic carbocycles. The van der Waals surface area contributed by atoms with Crippen molar-refractivity contribution in [1.82, 2.24) is 30.3 Å². The Balaban J connectivity index is 0.00000272. The zero-order valence-electron chi connectivity index (χ0n) is 17.3. The number of piperazine rings is 1. The third kappa shape index (κ3) is 5.66. The molecule has 0 atom stereocenters. The molecular formula is C20H26IN7O3. The van der Waals surface area contributed by atoms with Gasteiger partial charge < -0.3 is 24.0 Å². The third-order valence-corrected chi connectivity index (χ3v) is 4.82. The summed E-state index contributed by atoms with van der Waals surface area (Å²) in [5, 5.41) is 10.4. The lowest BCUT2D eigenvalue weighted by atomic mass is 10.3. The first kappa shape index (κ1) is 22.8. The first-order valence-corrected chi connectivity index (χ1v) is 10.1. The van der Waals surface area contributed by atoms with Crippen LogP contribution in [0, 0.1) is 0 Å². The third-order valence-electron chi connectivity index (χ3n) is 4.82. The van der Waals surface area contributed by atoms with Crippen molar-refractivity contribution in [3.8, 4) is 11.6 Å². The molecule has 1 aliphatic heterocycles. The predicted octanol–water partition coefficient (Wildman–Crippen LogP) is 2.24. The minimum absolute atomic E-state index is 0. The Kier molecular flexibility index (Phi) is 8.09. The quantitative estimate of drug-likeness (QED) is 0.281. The minimum atomic E-state index is -0.0701. The van der Waals surface area contributed by atoms with Crippen molar-refractivity contribution < 1.29 is 13.6 Å². The molecule has 0 saturated carbocycles. The summed E-state index contributed by atoms with van der Waals surface area (Å²) in [7, 11) is 0.